The number of carbonyl (C=O) groups is 1. The third-order valence-electron chi connectivity index (χ3n) is 3.34. The highest BCUT2D eigenvalue weighted by Gasteiger charge is 2.21. The molecule has 0 aliphatic carbocycles. The van der Waals surface area contributed by atoms with Crippen LogP contribution in [0.3, 0.4) is 0 Å². The van der Waals surface area contributed by atoms with Crippen molar-refractivity contribution in [3.63, 3.8) is 0 Å². The molecule has 0 saturated carbocycles. The zero-order valence-corrected chi connectivity index (χ0v) is 12.3. The van der Waals surface area contributed by atoms with Crippen LogP contribution in [-0.2, 0) is 11.8 Å². The van der Waals surface area contributed by atoms with Gasteiger partial charge < -0.3 is 10.4 Å². The molecule has 0 aliphatic heterocycles. The molecule has 6 nitrogen and oxygen atoms in total. The van der Waals surface area contributed by atoms with Gasteiger partial charge in [0.15, 0.2) is 5.65 Å². The Hall–Kier alpha value is -2.11. The molecule has 0 bridgehead atoms. The topological polar surface area (TPSA) is 80.0 Å². The van der Waals surface area contributed by atoms with Gasteiger partial charge in [-0.25, -0.2) is 4.98 Å². The van der Waals surface area contributed by atoms with E-state index in [1.54, 1.807) is 10.9 Å². The minimum atomic E-state index is -0.780. The largest absolute Gasteiger partial charge is 0.481 e. The summed E-state index contributed by atoms with van der Waals surface area (Å²) in [5.41, 5.74) is 2.36. The van der Waals surface area contributed by atoms with Crippen LogP contribution in [0, 0.1) is 6.92 Å². The second-order valence-corrected chi connectivity index (χ2v) is 5.67. The first-order chi connectivity index (χ1) is 9.30. The first-order valence-electron chi connectivity index (χ1n) is 6.58. The molecule has 2 rings (SSSR count). The molecule has 20 heavy (non-hydrogen) atoms. The SMILES string of the molecule is Cc1nn(C)c2nccc(NC(C)(C)CCC(=O)O)c12. The third-order valence-corrected chi connectivity index (χ3v) is 3.34. The van der Waals surface area contributed by atoms with Gasteiger partial charge in [0, 0.05) is 30.9 Å². The first kappa shape index (κ1) is 14.3. The van der Waals surface area contributed by atoms with E-state index in [-0.39, 0.29) is 12.0 Å². The fourth-order valence-electron chi connectivity index (χ4n) is 2.33. The molecule has 0 amide bonds. The van der Waals surface area contributed by atoms with Gasteiger partial charge in [0.2, 0.25) is 0 Å². The molecular formula is C14H20N4O2. The Labute approximate surface area is 117 Å². The fraction of sp³-hybridized carbons (Fsp3) is 0.500. The Morgan fingerprint density at radius 1 is 1.50 bits per heavy atom. The van der Waals surface area contributed by atoms with Crippen molar-refractivity contribution < 1.29 is 9.90 Å². The van der Waals surface area contributed by atoms with Crippen LogP contribution < -0.4 is 5.32 Å². The average molecular weight is 276 g/mol. The lowest BCUT2D eigenvalue weighted by molar-refractivity contribution is -0.137. The maximum Gasteiger partial charge on any atom is 0.303 e. The number of nitrogens with zero attached hydrogens (tertiary/aromatic N) is 3. The lowest BCUT2D eigenvalue weighted by Gasteiger charge is -2.27. The highest BCUT2D eigenvalue weighted by Crippen LogP contribution is 2.28. The third kappa shape index (κ3) is 2.89. The Kier molecular flexibility index (Phi) is 3.65. The van der Waals surface area contributed by atoms with Crippen molar-refractivity contribution in [1.82, 2.24) is 14.8 Å². The van der Waals surface area contributed by atoms with Crippen LogP contribution in [0.15, 0.2) is 12.3 Å². The number of fused-ring (bicyclic) bond motifs is 1. The monoisotopic (exact) mass is 276 g/mol. The van der Waals surface area contributed by atoms with E-state index in [2.05, 4.69) is 15.4 Å². The Bertz CT molecular complexity index is 646. The highest BCUT2D eigenvalue weighted by molar-refractivity contribution is 5.91. The summed E-state index contributed by atoms with van der Waals surface area (Å²) in [7, 11) is 1.86. The molecule has 2 heterocycles. The normalized spacial score (nSPS) is 11.8. The first-order valence-corrected chi connectivity index (χ1v) is 6.58. The molecule has 2 N–H and O–H groups in total. The summed E-state index contributed by atoms with van der Waals surface area (Å²) >= 11 is 0. The van der Waals surface area contributed by atoms with Gasteiger partial charge in [-0.15, -0.1) is 0 Å². The summed E-state index contributed by atoms with van der Waals surface area (Å²) in [5.74, 6) is -0.780. The molecule has 6 heteroatoms. The van der Waals surface area contributed by atoms with Crippen molar-refractivity contribution >= 4 is 22.7 Å². The van der Waals surface area contributed by atoms with Crippen LogP contribution in [-0.4, -0.2) is 31.4 Å². The number of aliphatic carboxylic acids is 1. The molecule has 0 saturated heterocycles. The van der Waals surface area contributed by atoms with Gasteiger partial charge >= 0.3 is 5.97 Å². The van der Waals surface area contributed by atoms with Crippen LogP contribution >= 0.6 is 0 Å². The minimum Gasteiger partial charge on any atom is -0.481 e. The zero-order valence-electron chi connectivity index (χ0n) is 12.3. The summed E-state index contributed by atoms with van der Waals surface area (Å²) < 4.78 is 1.75. The number of hydrogen-bond acceptors (Lipinski definition) is 4. The van der Waals surface area contributed by atoms with Crippen molar-refractivity contribution in [1.29, 1.82) is 0 Å². The number of aromatic nitrogens is 3. The van der Waals surface area contributed by atoms with Crippen molar-refractivity contribution in [2.75, 3.05) is 5.32 Å². The summed E-state index contributed by atoms with van der Waals surface area (Å²) in [6, 6.07) is 1.90. The van der Waals surface area contributed by atoms with E-state index in [1.165, 1.54) is 0 Å². The Balaban J connectivity index is 2.32. The average Bonchev–Trinajstić information content (AvgIpc) is 2.63. The van der Waals surface area contributed by atoms with E-state index in [1.807, 2.05) is 33.9 Å². The van der Waals surface area contributed by atoms with Gasteiger partial charge in [-0.2, -0.15) is 5.10 Å². The summed E-state index contributed by atoms with van der Waals surface area (Å²) in [6.45, 7) is 5.93. The van der Waals surface area contributed by atoms with Crippen molar-refractivity contribution in [2.45, 2.75) is 39.2 Å². The molecule has 0 fully saturated rings. The molecule has 2 aromatic heterocycles. The molecule has 2 aromatic rings. The van der Waals surface area contributed by atoms with E-state index in [9.17, 15) is 4.79 Å². The second-order valence-electron chi connectivity index (χ2n) is 5.67. The van der Waals surface area contributed by atoms with Crippen LogP contribution in [0.2, 0.25) is 0 Å². The number of anilines is 1. The van der Waals surface area contributed by atoms with Crippen molar-refractivity contribution in [3.05, 3.63) is 18.0 Å². The highest BCUT2D eigenvalue weighted by atomic mass is 16.4. The molecule has 108 valence electrons. The van der Waals surface area contributed by atoms with Gasteiger partial charge in [-0.3, -0.25) is 9.48 Å². The molecule has 0 unspecified atom stereocenters. The molecule has 0 aliphatic rings. The molecular weight excluding hydrogens is 256 g/mol. The number of nitrogens with one attached hydrogen (secondary N) is 1. The fourth-order valence-corrected chi connectivity index (χ4v) is 2.33. The number of pyridine rings is 1. The predicted molar refractivity (Wildman–Crippen MR) is 77.8 cm³/mol. The van der Waals surface area contributed by atoms with E-state index < -0.39 is 5.97 Å². The van der Waals surface area contributed by atoms with Gasteiger partial charge in [0.1, 0.15) is 0 Å². The van der Waals surface area contributed by atoms with Crippen LogP contribution in [0.5, 0.6) is 0 Å². The molecule has 0 atom stereocenters. The van der Waals surface area contributed by atoms with Crippen molar-refractivity contribution in [3.8, 4) is 0 Å². The number of hydrogen-bond donors (Lipinski definition) is 2. The number of carboxylic acids is 1. The molecule has 0 aromatic carbocycles. The van der Waals surface area contributed by atoms with Gasteiger partial charge in [-0.05, 0) is 33.3 Å². The smallest absolute Gasteiger partial charge is 0.303 e. The Morgan fingerprint density at radius 2 is 2.20 bits per heavy atom. The number of aryl methyl sites for hydroxylation is 2. The zero-order chi connectivity index (χ0) is 14.9. The lowest BCUT2D eigenvalue weighted by atomic mass is 9.97. The lowest BCUT2D eigenvalue weighted by Crippen LogP contribution is -2.31. The van der Waals surface area contributed by atoms with Crippen LogP contribution in [0.4, 0.5) is 5.69 Å². The quantitative estimate of drug-likeness (QED) is 0.876. The van der Waals surface area contributed by atoms with Crippen LogP contribution in [0.1, 0.15) is 32.4 Å². The minimum absolute atomic E-state index is 0.139. The van der Waals surface area contributed by atoms with Gasteiger partial charge in [0.25, 0.3) is 0 Å². The van der Waals surface area contributed by atoms with Gasteiger partial charge in [0.05, 0.1) is 11.1 Å². The summed E-state index contributed by atoms with van der Waals surface area (Å²) in [4.78, 5) is 15.0. The van der Waals surface area contributed by atoms with E-state index in [4.69, 9.17) is 5.11 Å². The predicted octanol–water partition coefficient (Wildman–Crippen LogP) is 2.33. The number of carboxylic acid groups (broad SMARTS) is 1. The number of rotatable bonds is 5. The van der Waals surface area contributed by atoms with Crippen LogP contribution in [0.25, 0.3) is 11.0 Å². The van der Waals surface area contributed by atoms with E-state index in [0.717, 1.165) is 22.4 Å². The summed E-state index contributed by atoms with van der Waals surface area (Å²) in [6.07, 6.45) is 2.42. The second kappa shape index (κ2) is 5.11. The maximum atomic E-state index is 10.7. The van der Waals surface area contributed by atoms with E-state index >= 15 is 0 Å². The molecule has 0 spiro atoms. The van der Waals surface area contributed by atoms with Gasteiger partial charge in [-0.1, -0.05) is 0 Å². The van der Waals surface area contributed by atoms with Crippen molar-refractivity contribution in [2.24, 2.45) is 7.05 Å². The Morgan fingerprint density at radius 3 is 2.85 bits per heavy atom. The molecule has 0 radical (unpaired) electrons. The standard InChI is InChI=1S/C14H20N4O2/c1-9-12-10(6-8-15-13(12)18(4)17-9)16-14(2,3)7-5-11(19)20/h6,8H,5,7H2,1-4H3,(H,15,16)(H,19,20). The van der Waals surface area contributed by atoms with E-state index in [0.29, 0.717) is 6.42 Å². The maximum absolute atomic E-state index is 10.7. The summed E-state index contributed by atoms with van der Waals surface area (Å²) in [5, 5.41) is 17.6.